The van der Waals surface area contributed by atoms with Gasteiger partial charge in [0.25, 0.3) is 10.1 Å². The molecule has 5 N–H and O–H groups in total. The molecular weight excluding hydrogens is 471 g/mol. The highest BCUT2D eigenvalue weighted by molar-refractivity contribution is 14.1. The Morgan fingerprint density at radius 3 is 2.32 bits per heavy atom. The molecule has 2 rings (SSSR count). The summed E-state index contributed by atoms with van der Waals surface area (Å²) in [7, 11) is -4.86. The second-order valence-electron chi connectivity index (χ2n) is 4.72. The molecule has 0 saturated carbocycles. The molecule has 0 bridgehead atoms. The van der Waals surface area contributed by atoms with Gasteiger partial charge in [-0.2, -0.15) is 8.42 Å². The average molecular weight is 482 g/mol. The number of benzene rings is 1. The quantitative estimate of drug-likeness (QED) is 0.241. The number of aromatic carboxylic acids is 1. The molecule has 134 valence electrons. The van der Waals surface area contributed by atoms with Gasteiger partial charge in [-0.3, -0.25) is 9.35 Å². The van der Waals surface area contributed by atoms with Gasteiger partial charge < -0.3 is 20.6 Å². The third kappa shape index (κ3) is 3.85. The lowest BCUT2D eigenvalue weighted by Gasteiger charge is -2.13. The van der Waals surface area contributed by atoms with Gasteiger partial charge in [0, 0.05) is 11.8 Å². The highest BCUT2D eigenvalue weighted by Gasteiger charge is 2.26. The number of anilines is 1. The highest BCUT2D eigenvalue weighted by atomic mass is 127. The van der Waals surface area contributed by atoms with E-state index in [0.717, 1.165) is 12.1 Å². The van der Waals surface area contributed by atoms with Gasteiger partial charge in [0.15, 0.2) is 10.8 Å². The lowest BCUT2D eigenvalue weighted by Crippen LogP contribution is -2.13. The summed E-state index contributed by atoms with van der Waals surface area (Å²) in [6, 6.07) is 4.08. The normalized spacial score (nSPS) is 11.3. The van der Waals surface area contributed by atoms with E-state index < -0.39 is 38.3 Å². The zero-order valence-corrected chi connectivity index (χ0v) is 15.1. The topological polar surface area (TPSA) is 166 Å². The van der Waals surface area contributed by atoms with E-state index in [4.69, 9.17) is 4.55 Å². The fourth-order valence-electron chi connectivity index (χ4n) is 2.06. The minimum Gasteiger partial charge on any atom is -0.494 e. The Bertz CT molecular complexity index is 967. The third-order valence-electron chi connectivity index (χ3n) is 3.07. The summed E-state index contributed by atoms with van der Waals surface area (Å²) in [5.41, 5.74) is -0.554. The number of nitrogens with zero attached hydrogens (tertiary/aromatic N) is 1. The number of aromatic hydroxyl groups is 2. The molecule has 0 saturated heterocycles. The van der Waals surface area contributed by atoms with Crippen LogP contribution in [0.2, 0.25) is 0 Å². The lowest BCUT2D eigenvalue weighted by atomic mass is 10.1. The lowest BCUT2D eigenvalue weighted by molar-refractivity contribution is -0.113. The van der Waals surface area contributed by atoms with Crippen LogP contribution in [0.5, 0.6) is 11.8 Å². The Kier molecular flexibility index (Phi) is 5.24. The second kappa shape index (κ2) is 6.89. The number of nitrogens with one attached hydrogen (secondary N) is 1. The first kappa shape index (κ1) is 19.0. The molecule has 0 spiro atoms. The van der Waals surface area contributed by atoms with E-state index in [1.807, 2.05) is 22.6 Å². The van der Waals surface area contributed by atoms with Crippen molar-refractivity contribution in [2.45, 2.75) is 4.90 Å². The number of hydrogen-bond donors (Lipinski definition) is 5. The molecule has 0 fully saturated rings. The number of carboxylic acid groups (broad SMARTS) is 1. The van der Waals surface area contributed by atoms with Crippen LogP contribution in [0.15, 0.2) is 29.2 Å². The summed E-state index contributed by atoms with van der Waals surface area (Å²) >= 11 is 1.81. The maximum atomic E-state index is 11.5. The van der Waals surface area contributed by atoms with Crippen LogP contribution < -0.4 is 5.32 Å². The smallest absolute Gasteiger partial charge is 0.337 e. The van der Waals surface area contributed by atoms with E-state index in [0.29, 0.717) is 10.6 Å². The number of carbonyl (C=O) groups excluding carboxylic acids is 1. The highest BCUT2D eigenvalue weighted by Crippen LogP contribution is 2.36. The molecular formula is C13H11IN2O8S. The monoisotopic (exact) mass is 482 g/mol. The Labute approximate surface area is 154 Å². The van der Waals surface area contributed by atoms with Gasteiger partial charge in [-0.15, -0.1) is 0 Å². The molecule has 10 nitrogen and oxygen atoms in total. The maximum absolute atomic E-state index is 11.5. The first-order valence-corrected chi connectivity index (χ1v) is 9.37. The summed E-state index contributed by atoms with van der Waals surface area (Å²) in [5.74, 6) is -3.72. The number of alkyl halides is 1. The molecule has 1 amide bonds. The van der Waals surface area contributed by atoms with Crippen LogP contribution >= 0.6 is 22.6 Å². The Hall–Kier alpha value is -2.32. The van der Waals surface area contributed by atoms with Crippen LogP contribution in [0.25, 0.3) is 5.69 Å². The number of halogens is 1. The summed E-state index contributed by atoms with van der Waals surface area (Å²) in [6.07, 6.45) is 0. The van der Waals surface area contributed by atoms with Gasteiger partial charge >= 0.3 is 5.97 Å². The molecule has 0 aliphatic heterocycles. The van der Waals surface area contributed by atoms with Gasteiger partial charge in [0.05, 0.1) is 15.7 Å². The van der Waals surface area contributed by atoms with Crippen molar-refractivity contribution in [3.05, 3.63) is 29.8 Å². The van der Waals surface area contributed by atoms with E-state index in [1.165, 1.54) is 6.07 Å². The zero-order valence-electron chi connectivity index (χ0n) is 12.2. The third-order valence-corrected chi connectivity index (χ3v) is 4.62. The van der Waals surface area contributed by atoms with Gasteiger partial charge in [-0.05, 0) is 18.2 Å². The average Bonchev–Trinajstić information content (AvgIpc) is 2.81. The van der Waals surface area contributed by atoms with Crippen molar-refractivity contribution in [3.63, 3.8) is 0 Å². The predicted octanol–water partition coefficient (Wildman–Crippen LogP) is 1.21. The SMILES string of the molecule is O=C(CI)Nc1ccc(C(=O)O)c(-n2c(O)cc(S(=O)(=O)O)c2O)c1. The summed E-state index contributed by atoms with van der Waals surface area (Å²) < 4.78 is 32.1. The molecule has 0 aliphatic carbocycles. The largest absolute Gasteiger partial charge is 0.494 e. The van der Waals surface area contributed by atoms with E-state index in [9.17, 15) is 33.3 Å². The molecule has 1 aromatic carbocycles. The summed E-state index contributed by atoms with van der Waals surface area (Å²) in [4.78, 5) is 21.8. The minimum atomic E-state index is -4.86. The molecule has 2 aromatic rings. The number of rotatable bonds is 5. The van der Waals surface area contributed by atoms with Crippen LogP contribution in [0, 0.1) is 0 Å². The first-order chi connectivity index (χ1) is 11.6. The van der Waals surface area contributed by atoms with Gasteiger partial charge in [-0.1, -0.05) is 22.6 Å². The standard InChI is InChI=1S/C13H11IN2O8S/c14-5-10(17)15-6-1-2-7(13(20)21)8(3-6)16-11(18)4-9(12(16)19)25(22,23)24/h1-4,18-19H,5H2,(H,15,17)(H,20,21)(H,22,23,24). The molecule has 1 aromatic heterocycles. The molecule has 1 heterocycles. The van der Waals surface area contributed by atoms with Crippen LogP contribution in [-0.2, 0) is 14.9 Å². The fourth-order valence-corrected chi connectivity index (χ4v) is 2.83. The van der Waals surface area contributed by atoms with Crippen LogP contribution in [0.4, 0.5) is 5.69 Å². The van der Waals surface area contributed by atoms with Crippen molar-refractivity contribution in [2.75, 3.05) is 9.74 Å². The Morgan fingerprint density at radius 1 is 1.20 bits per heavy atom. The number of hydrogen-bond acceptors (Lipinski definition) is 6. The van der Waals surface area contributed by atoms with Gasteiger partial charge in [0.2, 0.25) is 11.8 Å². The summed E-state index contributed by atoms with van der Waals surface area (Å²) in [6.45, 7) is 0. The fraction of sp³-hybridized carbons (Fsp3) is 0.0769. The van der Waals surface area contributed by atoms with Crippen molar-refractivity contribution in [2.24, 2.45) is 0 Å². The van der Waals surface area contributed by atoms with E-state index >= 15 is 0 Å². The van der Waals surface area contributed by atoms with Crippen LogP contribution in [0.1, 0.15) is 10.4 Å². The van der Waals surface area contributed by atoms with Crippen molar-refractivity contribution in [1.29, 1.82) is 0 Å². The van der Waals surface area contributed by atoms with Crippen molar-refractivity contribution < 1.29 is 37.9 Å². The molecule has 25 heavy (non-hydrogen) atoms. The Morgan fingerprint density at radius 2 is 1.84 bits per heavy atom. The zero-order chi connectivity index (χ0) is 18.9. The maximum Gasteiger partial charge on any atom is 0.337 e. The van der Waals surface area contributed by atoms with E-state index in [2.05, 4.69) is 5.32 Å². The number of carbonyl (C=O) groups is 2. The number of carboxylic acids is 1. The van der Waals surface area contributed by atoms with Crippen LogP contribution in [-0.4, -0.2) is 49.2 Å². The first-order valence-electron chi connectivity index (χ1n) is 6.41. The van der Waals surface area contributed by atoms with Gasteiger partial charge in [-0.25, -0.2) is 9.36 Å². The van der Waals surface area contributed by atoms with Crippen molar-refractivity contribution in [1.82, 2.24) is 4.57 Å². The second-order valence-corrected chi connectivity index (χ2v) is 6.87. The number of amides is 1. The minimum absolute atomic E-state index is 0.126. The molecule has 0 radical (unpaired) electrons. The van der Waals surface area contributed by atoms with Gasteiger partial charge in [0.1, 0.15) is 0 Å². The predicted molar refractivity (Wildman–Crippen MR) is 93.4 cm³/mol. The van der Waals surface area contributed by atoms with Crippen molar-refractivity contribution in [3.8, 4) is 17.4 Å². The Balaban J connectivity index is 2.72. The van der Waals surface area contributed by atoms with E-state index in [-0.39, 0.29) is 21.7 Å². The number of aromatic nitrogens is 1. The van der Waals surface area contributed by atoms with Crippen molar-refractivity contribution >= 4 is 50.3 Å². The molecule has 0 aliphatic rings. The summed E-state index contributed by atoms with van der Waals surface area (Å²) in [5, 5.41) is 31.6. The molecule has 0 unspecified atom stereocenters. The van der Waals surface area contributed by atoms with Crippen LogP contribution in [0.3, 0.4) is 0 Å². The molecule has 12 heteroatoms. The van der Waals surface area contributed by atoms with E-state index in [1.54, 1.807) is 0 Å². The molecule has 0 atom stereocenters.